The van der Waals surface area contributed by atoms with Gasteiger partial charge in [0.1, 0.15) is 0 Å². The first-order valence-electron chi connectivity index (χ1n) is 7.24. The van der Waals surface area contributed by atoms with Crippen LogP contribution in [-0.4, -0.2) is 15.0 Å². The summed E-state index contributed by atoms with van der Waals surface area (Å²) in [4.78, 5) is 0. The minimum Gasteiger partial charge on any atom is -0.271 e. The van der Waals surface area contributed by atoms with Crippen molar-refractivity contribution in [2.75, 3.05) is 0 Å². The smallest absolute Gasteiger partial charge is 0.0773 e. The largest absolute Gasteiger partial charge is 0.271 e. The average Bonchev–Trinajstić information content (AvgIpc) is 3.07. The van der Waals surface area contributed by atoms with E-state index in [9.17, 15) is 0 Å². The van der Waals surface area contributed by atoms with Crippen LogP contribution in [0.25, 0.3) is 0 Å². The van der Waals surface area contributed by atoms with Gasteiger partial charge in [0.05, 0.1) is 17.9 Å². The maximum Gasteiger partial charge on any atom is 0.0773 e. The summed E-state index contributed by atoms with van der Waals surface area (Å²) in [6.45, 7) is 3.02. The Hall–Kier alpha value is -1.72. The van der Waals surface area contributed by atoms with Gasteiger partial charge in [0.15, 0.2) is 0 Å². The second-order valence-electron chi connectivity index (χ2n) is 5.46. The Morgan fingerprint density at radius 1 is 1.35 bits per heavy atom. The summed E-state index contributed by atoms with van der Waals surface area (Å²) in [5.41, 5.74) is 6.94. The Labute approximate surface area is 119 Å². The molecule has 0 amide bonds. The van der Waals surface area contributed by atoms with Crippen molar-refractivity contribution in [2.24, 2.45) is 11.8 Å². The quantitative estimate of drug-likeness (QED) is 0.640. The van der Waals surface area contributed by atoms with Crippen molar-refractivity contribution < 1.29 is 0 Å². The lowest BCUT2D eigenvalue weighted by Gasteiger charge is -2.22. The molecule has 0 bridgehead atoms. The van der Waals surface area contributed by atoms with Crippen LogP contribution in [0.3, 0.4) is 0 Å². The number of nitrogens with two attached hydrogens (primary N) is 1. The topological polar surface area (TPSA) is 68.8 Å². The summed E-state index contributed by atoms with van der Waals surface area (Å²) in [5.74, 6) is 6.29. The molecular formula is C15H21N5. The van der Waals surface area contributed by atoms with Gasteiger partial charge in [-0.3, -0.25) is 11.3 Å². The van der Waals surface area contributed by atoms with Crippen molar-refractivity contribution in [3.8, 4) is 0 Å². The number of nitrogens with one attached hydrogen (secondary N) is 1. The number of hydrogen-bond donors (Lipinski definition) is 2. The summed E-state index contributed by atoms with van der Waals surface area (Å²) in [6.07, 6.45) is 4.99. The zero-order valence-electron chi connectivity index (χ0n) is 11.8. The SMILES string of the molecule is CCCn1nncc1C(NN)C1Cc2ccccc2C1. The van der Waals surface area contributed by atoms with Crippen molar-refractivity contribution in [3.05, 3.63) is 47.3 Å². The fourth-order valence-corrected chi connectivity index (χ4v) is 3.18. The maximum atomic E-state index is 5.82. The predicted molar refractivity (Wildman–Crippen MR) is 77.7 cm³/mol. The highest BCUT2D eigenvalue weighted by Gasteiger charge is 2.31. The van der Waals surface area contributed by atoms with Crippen LogP contribution in [0.4, 0.5) is 0 Å². The Morgan fingerprint density at radius 3 is 2.65 bits per heavy atom. The highest BCUT2D eigenvalue weighted by Crippen LogP contribution is 2.34. The predicted octanol–water partition coefficient (Wildman–Crippen LogP) is 1.61. The van der Waals surface area contributed by atoms with Crippen LogP contribution in [0.2, 0.25) is 0 Å². The molecule has 3 rings (SSSR count). The fraction of sp³-hybridized carbons (Fsp3) is 0.467. The molecule has 3 N–H and O–H groups in total. The number of hydrogen-bond acceptors (Lipinski definition) is 4. The van der Waals surface area contributed by atoms with E-state index in [1.54, 1.807) is 0 Å². The normalized spacial score (nSPS) is 16.3. The molecule has 0 spiro atoms. The standard InChI is InChI=1S/C15H21N5/c1-2-7-20-14(10-17-19-20)15(18-16)13-8-11-5-3-4-6-12(11)9-13/h3-6,10,13,15,18H,2,7-9,16H2,1H3. The second kappa shape index (κ2) is 5.73. The third kappa shape index (κ3) is 2.34. The lowest BCUT2D eigenvalue weighted by molar-refractivity contribution is 0.353. The van der Waals surface area contributed by atoms with Crippen molar-refractivity contribution in [1.29, 1.82) is 0 Å². The molecule has 0 radical (unpaired) electrons. The molecule has 5 heteroatoms. The van der Waals surface area contributed by atoms with Crippen molar-refractivity contribution in [1.82, 2.24) is 20.4 Å². The van der Waals surface area contributed by atoms with Gasteiger partial charge in [-0.2, -0.15) is 0 Å². The molecule has 1 unspecified atom stereocenters. The number of fused-ring (bicyclic) bond motifs is 1. The van der Waals surface area contributed by atoms with Gasteiger partial charge in [-0.05, 0) is 36.3 Å². The number of hydrazine groups is 1. The molecule has 20 heavy (non-hydrogen) atoms. The number of benzene rings is 1. The van der Waals surface area contributed by atoms with Gasteiger partial charge in [-0.25, -0.2) is 4.68 Å². The van der Waals surface area contributed by atoms with Crippen LogP contribution in [0.1, 0.15) is 36.2 Å². The van der Waals surface area contributed by atoms with Crippen LogP contribution in [0, 0.1) is 5.92 Å². The van der Waals surface area contributed by atoms with Crippen LogP contribution >= 0.6 is 0 Å². The van der Waals surface area contributed by atoms with E-state index in [1.165, 1.54) is 11.1 Å². The van der Waals surface area contributed by atoms with E-state index in [0.29, 0.717) is 5.92 Å². The van der Waals surface area contributed by atoms with E-state index < -0.39 is 0 Å². The summed E-state index contributed by atoms with van der Waals surface area (Å²) in [5, 5.41) is 8.21. The molecule has 0 fully saturated rings. The molecular weight excluding hydrogens is 250 g/mol. The Morgan fingerprint density at radius 2 is 2.05 bits per heavy atom. The first kappa shape index (κ1) is 13.3. The molecule has 1 aliphatic carbocycles. The number of nitrogens with zero attached hydrogens (tertiary/aromatic N) is 3. The molecule has 0 saturated heterocycles. The highest BCUT2D eigenvalue weighted by atomic mass is 15.4. The molecule has 5 nitrogen and oxygen atoms in total. The third-order valence-corrected chi connectivity index (χ3v) is 4.14. The highest BCUT2D eigenvalue weighted by molar-refractivity contribution is 5.33. The molecule has 1 heterocycles. The number of rotatable bonds is 5. The molecule has 0 aliphatic heterocycles. The Kier molecular flexibility index (Phi) is 3.80. The summed E-state index contributed by atoms with van der Waals surface area (Å²) in [6, 6.07) is 8.74. The van der Waals surface area contributed by atoms with E-state index in [-0.39, 0.29) is 6.04 Å². The van der Waals surface area contributed by atoms with Crippen molar-refractivity contribution in [3.63, 3.8) is 0 Å². The van der Waals surface area contributed by atoms with Gasteiger partial charge in [0, 0.05) is 6.54 Å². The minimum absolute atomic E-state index is 0.101. The van der Waals surface area contributed by atoms with E-state index in [1.807, 2.05) is 10.9 Å². The van der Waals surface area contributed by atoms with E-state index in [0.717, 1.165) is 31.5 Å². The van der Waals surface area contributed by atoms with Crippen LogP contribution in [-0.2, 0) is 19.4 Å². The molecule has 2 aromatic rings. The van der Waals surface area contributed by atoms with Crippen LogP contribution < -0.4 is 11.3 Å². The summed E-state index contributed by atoms with van der Waals surface area (Å²) >= 11 is 0. The summed E-state index contributed by atoms with van der Waals surface area (Å²) in [7, 11) is 0. The molecule has 0 saturated carbocycles. The zero-order chi connectivity index (χ0) is 13.9. The van der Waals surface area contributed by atoms with Gasteiger partial charge in [-0.1, -0.05) is 36.4 Å². The van der Waals surface area contributed by atoms with Gasteiger partial charge >= 0.3 is 0 Å². The molecule has 1 aromatic carbocycles. The van der Waals surface area contributed by atoms with Crippen LogP contribution in [0.15, 0.2) is 30.5 Å². The molecule has 106 valence electrons. The second-order valence-corrected chi connectivity index (χ2v) is 5.46. The van der Waals surface area contributed by atoms with Gasteiger partial charge < -0.3 is 0 Å². The van der Waals surface area contributed by atoms with E-state index in [2.05, 4.69) is 46.9 Å². The van der Waals surface area contributed by atoms with Crippen molar-refractivity contribution in [2.45, 2.75) is 38.8 Å². The Bertz CT molecular complexity index is 552. The molecule has 1 atom stereocenters. The molecule has 1 aromatic heterocycles. The van der Waals surface area contributed by atoms with Crippen LogP contribution in [0.5, 0.6) is 0 Å². The minimum atomic E-state index is 0.101. The van der Waals surface area contributed by atoms with Crippen molar-refractivity contribution >= 4 is 0 Å². The zero-order valence-corrected chi connectivity index (χ0v) is 11.8. The van der Waals surface area contributed by atoms with Gasteiger partial charge in [0.25, 0.3) is 0 Å². The Balaban J connectivity index is 1.83. The third-order valence-electron chi connectivity index (χ3n) is 4.14. The lowest BCUT2D eigenvalue weighted by Crippen LogP contribution is -2.35. The van der Waals surface area contributed by atoms with Gasteiger partial charge in [0.2, 0.25) is 0 Å². The average molecular weight is 271 g/mol. The lowest BCUT2D eigenvalue weighted by atomic mass is 9.94. The van der Waals surface area contributed by atoms with E-state index in [4.69, 9.17) is 5.84 Å². The monoisotopic (exact) mass is 271 g/mol. The number of aryl methyl sites for hydroxylation is 1. The fourth-order valence-electron chi connectivity index (χ4n) is 3.18. The van der Waals surface area contributed by atoms with E-state index >= 15 is 0 Å². The molecule has 1 aliphatic rings. The number of aromatic nitrogens is 3. The first-order valence-corrected chi connectivity index (χ1v) is 7.24. The van der Waals surface area contributed by atoms with Gasteiger partial charge in [-0.15, -0.1) is 5.10 Å². The summed E-state index contributed by atoms with van der Waals surface area (Å²) < 4.78 is 1.97. The first-order chi connectivity index (χ1) is 9.83. The maximum absolute atomic E-state index is 5.82.